The van der Waals surface area contributed by atoms with Crippen LogP contribution in [-0.4, -0.2) is 44.3 Å². The molecule has 1 aromatic rings. The van der Waals surface area contributed by atoms with Crippen LogP contribution in [0.1, 0.15) is 45.4 Å². The Labute approximate surface area is 160 Å². The van der Waals surface area contributed by atoms with E-state index >= 15 is 0 Å². The zero-order valence-corrected chi connectivity index (χ0v) is 16.5. The monoisotopic (exact) mass is 394 g/mol. The molecule has 2 amide bonds. The Morgan fingerprint density at radius 1 is 1.22 bits per heavy atom. The molecule has 7 nitrogen and oxygen atoms in total. The van der Waals surface area contributed by atoms with E-state index in [1.807, 2.05) is 0 Å². The number of hydrogen-bond donors (Lipinski definition) is 1. The number of nitrogens with one attached hydrogen (secondary N) is 1. The molecule has 1 atom stereocenters. The second-order valence-electron chi connectivity index (χ2n) is 7.53. The fourth-order valence-electron chi connectivity index (χ4n) is 3.81. The van der Waals surface area contributed by atoms with Crippen molar-refractivity contribution in [3.8, 4) is 5.75 Å². The Hall–Kier alpha value is -2.09. The largest absolute Gasteiger partial charge is 0.497 e. The van der Waals surface area contributed by atoms with Gasteiger partial charge >= 0.3 is 0 Å². The zero-order valence-electron chi connectivity index (χ0n) is 15.7. The van der Waals surface area contributed by atoms with Gasteiger partial charge < -0.3 is 9.64 Å². The highest BCUT2D eigenvalue weighted by atomic mass is 32.2. The van der Waals surface area contributed by atoms with Crippen LogP contribution in [-0.2, 0) is 19.6 Å². The number of likely N-dealkylation sites (tertiary alicyclic amines) is 1. The summed E-state index contributed by atoms with van der Waals surface area (Å²) in [6.45, 7) is 2.11. The van der Waals surface area contributed by atoms with Crippen LogP contribution in [0.3, 0.4) is 0 Å². The van der Waals surface area contributed by atoms with E-state index in [1.54, 1.807) is 6.92 Å². The van der Waals surface area contributed by atoms with Crippen molar-refractivity contribution in [2.75, 3.05) is 13.7 Å². The number of rotatable bonds is 6. The number of benzene rings is 1. The van der Waals surface area contributed by atoms with Gasteiger partial charge in [-0.1, -0.05) is 12.8 Å². The molecule has 2 fully saturated rings. The van der Waals surface area contributed by atoms with Crippen LogP contribution in [0.15, 0.2) is 29.2 Å². The van der Waals surface area contributed by atoms with Crippen molar-refractivity contribution in [3.63, 3.8) is 0 Å². The molecule has 1 aliphatic carbocycles. The minimum atomic E-state index is -4.01. The maximum absolute atomic E-state index is 12.7. The number of carbonyl (C=O) groups is 2. The second kappa shape index (κ2) is 7.50. The van der Waals surface area contributed by atoms with Gasteiger partial charge in [-0.25, -0.2) is 13.1 Å². The minimum Gasteiger partial charge on any atom is -0.497 e. The van der Waals surface area contributed by atoms with Gasteiger partial charge in [0.1, 0.15) is 11.3 Å². The summed E-state index contributed by atoms with van der Waals surface area (Å²) in [5.41, 5.74) is -1.12. The third-order valence-corrected chi connectivity index (χ3v) is 7.09. The molecule has 0 radical (unpaired) electrons. The predicted molar refractivity (Wildman–Crippen MR) is 99.6 cm³/mol. The summed E-state index contributed by atoms with van der Waals surface area (Å²) >= 11 is 0. The summed E-state index contributed by atoms with van der Waals surface area (Å²) in [5.74, 6) is 0.181. The molecule has 1 unspecified atom stereocenters. The van der Waals surface area contributed by atoms with Gasteiger partial charge in [-0.2, -0.15) is 0 Å². The van der Waals surface area contributed by atoms with E-state index in [2.05, 4.69) is 4.72 Å². The summed E-state index contributed by atoms with van der Waals surface area (Å²) in [7, 11) is -2.52. The fourth-order valence-corrected chi connectivity index (χ4v) is 4.89. The first-order valence-electron chi connectivity index (χ1n) is 9.28. The number of sulfonamides is 1. The predicted octanol–water partition coefficient (Wildman–Crippen LogP) is 2.07. The number of amides is 2. The van der Waals surface area contributed by atoms with Gasteiger partial charge in [0, 0.05) is 13.0 Å². The Bertz CT molecular complexity index is 815. The van der Waals surface area contributed by atoms with Gasteiger partial charge in [-0.05, 0) is 56.4 Å². The zero-order chi connectivity index (χ0) is 19.7. The van der Waals surface area contributed by atoms with Crippen LogP contribution >= 0.6 is 0 Å². The van der Waals surface area contributed by atoms with Crippen LogP contribution < -0.4 is 9.46 Å². The van der Waals surface area contributed by atoms with Crippen molar-refractivity contribution in [3.05, 3.63) is 24.3 Å². The van der Waals surface area contributed by atoms with Crippen molar-refractivity contribution < 1.29 is 22.7 Å². The molecule has 27 heavy (non-hydrogen) atoms. The van der Waals surface area contributed by atoms with E-state index in [9.17, 15) is 18.0 Å². The summed E-state index contributed by atoms with van der Waals surface area (Å²) < 4.78 is 32.2. The van der Waals surface area contributed by atoms with E-state index in [0.29, 0.717) is 31.1 Å². The standard InChI is InChI=1S/C19H26N2O5S/c1-19(11-12-21(19)17(22)13-14-5-3-4-6-14)18(23)20-27(24,25)16-9-7-15(26-2)8-10-16/h7-10,14H,3-6,11-13H2,1-2H3,(H,20,23). The average Bonchev–Trinajstić information content (AvgIpc) is 3.12. The van der Waals surface area contributed by atoms with Gasteiger partial charge in [0.15, 0.2) is 0 Å². The van der Waals surface area contributed by atoms with Crippen molar-refractivity contribution in [1.82, 2.24) is 9.62 Å². The minimum absolute atomic E-state index is 0.0246. The van der Waals surface area contributed by atoms with Crippen molar-refractivity contribution in [2.24, 2.45) is 5.92 Å². The topological polar surface area (TPSA) is 92.8 Å². The molecule has 1 saturated heterocycles. The highest BCUT2D eigenvalue weighted by molar-refractivity contribution is 7.90. The van der Waals surface area contributed by atoms with Gasteiger partial charge in [0.2, 0.25) is 5.91 Å². The maximum Gasteiger partial charge on any atom is 0.264 e. The normalized spacial score (nSPS) is 23.0. The van der Waals surface area contributed by atoms with Crippen molar-refractivity contribution >= 4 is 21.8 Å². The Balaban J connectivity index is 1.67. The van der Waals surface area contributed by atoms with Gasteiger partial charge in [-0.15, -0.1) is 0 Å². The molecule has 1 saturated carbocycles. The van der Waals surface area contributed by atoms with Gasteiger partial charge in [0.05, 0.1) is 12.0 Å². The van der Waals surface area contributed by atoms with Crippen LogP contribution in [0.4, 0.5) is 0 Å². The van der Waals surface area contributed by atoms with E-state index in [0.717, 1.165) is 25.7 Å². The second-order valence-corrected chi connectivity index (χ2v) is 9.22. The van der Waals surface area contributed by atoms with E-state index < -0.39 is 21.5 Å². The third-order valence-electron chi connectivity index (χ3n) is 5.74. The maximum atomic E-state index is 12.7. The molecule has 2 aliphatic rings. The lowest BCUT2D eigenvalue weighted by Gasteiger charge is -2.49. The highest BCUT2D eigenvalue weighted by Crippen LogP contribution is 2.35. The summed E-state index contributed by atoms with van der Waals surface area (Å²) in [5, 5.41) is 0. The van der Waals surface area contributed by atoms with E-state index in [-0.39, 0.29) is 10.8 Å². The molecule has 0 aromatic heterocycles. The first kappa shape index (κ1) is 19.7. The quantitative estimate of drug-likeness (QED) is 0.797. The lowest BCUT2D eigenvalue weighted by molar-refractivity contribution is -0.157. The molecule has 1 heterocycles. The first-order chi connectivity index (χ1) is 12.8. The summed E-state index contributed by atoms with van der Waals surface area (Å²) in [4.78, 5) is 26.8. The molecular weight excluding hydrogens is 368 g/mol. The third kappa shape index (κ3) is 3.95. The average molecular weight is 394 g/mol. The number of hydrogen-bond acceptors (Lipinski definition) is 5. The number of ether oxygens (including phenoxy) is 1. The number of carbonyl (C=O) groups excluding carboxylic acids is 2. The highest BCUT2D eigenvalue weighted by Gasteiger charge is 2.50. The van der Waals surface area contributed by atoms with Gasteiger partial charge in [-0.3, -0.25) is 9.59 Å². The summed E-state index contributed by atoms with van der Waals surface area (Å²) in [6, 6.07) is 5.78. The molecule has 1 aliphatic heterocycles. The van der Waals surface area contributed by atoms with Crippen LogP contribution in [0, 0.1) is 5.92 Å². The van der Waals surface area contributed by atoms with E-state index in [1.165, 1.54) is 36.3 Å². The molecule has 1 aromatic carbocycles. The SMILES string of the molecule is COc1ccc(S(=O)(=O)NC(=O)C2(C)CCN2C(=O)CC2CCCC2)cc1. The molecule has 0 bridgehead atoms. The van der Waals surface area contributed by atoms with Crippen LogP contribution in [0.5, 0.6) is 5.75 Å². The Kier molecular flexibility index (Phi) is 5.46. The van der Waals surface area contributed by atoms with Gasteiger partial charge in [0.25, 0.3) is 15.9 Å². The van der Waals surface area contributed by atoms with Crippen LogP contribution in [0.25, 0.3) is 0 Å². The molecule has 8 heteroatoms. The number of methoxy groups -OCH3 is 1. The lowest BCUT2D eigenvalue weighted by atomic mass is 9.85. The number of nitrogens with zero attached hydrogens (tertiary/aromatic N) is 1. The van der Waals surface area contributed by atoms with Crippen LogP contribution in [0.2, 0.25) is 0 Å². The fraction of sp³-hybridized carbons (Fsp3) is 0.579. The Morgan fingerprint density at radius 2 is 1.85 bits per heavy atom. The lowest BCUT2D eigenvalue weighted by Crippen LogP contribution is -2.67. The summed E-state index contributed by atoms with van der Waals surface area (Å²) in [6.07, 6.45) is 5.29. The molecule has 148 valence electrons. The smallest absolute Gasteiger partial charge is 0.264 e. The molecule has 0 spiro atoms. The van der Waals surface area contributed by atoms with E-state index in [4.69, 9.17) is 4.74 Å². The Morgan fingerprint density at radius 3 is 2.37 bits per heavy atom. The van der Waals surface area contributed by atoms with Crippen molar-refractivity contribution in [2.45, 2.75) is 55.9 Å². The first-order valence-corrected chi connectivity index (χ1v) is 10.8. The molecule has 1 N–H and O–H groups in total. The van der Waals surface area contributed by atoms with Crippen molar-refractivity contribution in [1.29, 1.82) is 0 Å². The molecule has 3 rings (SSSR count). The molecular formula is C19H26N2O5S.